The smallest absolute Gasteiger partial charge is 0.264 e. The lowest BCUT2D eigenvalue weighted by Gasteiger charge is -2.12. The van der Waals surface area contributed by atoms with Gasteiger partial charge in [-0.25, -0.2) is 14.6 Å². The zero-order chi connectivity index (χ0) is 19.0. The summed E-state index contributed by atoms with van der Waals surface area (Å²) in [6.45, 7) is 0.288. The van der Waals surface area contributed by atoms with E-state index in [2.05, 4.69) is 10.1 Å². The lowest BCUT2D eigenvalue weighted by Crippen LogP contribution is -2.24. The lowest BCUT2D eigenvalue weighted by molar-refractivity contribution is 0.730. The number of alkyl halides is 1. The van der Waals surface area contributed by atoms with Gasteiger partial charge in [0.05, 0.1) is 17.4 Å². The molecule has 0 atom stereocenters. The molecule has 27 heavy (non-hydrogen) atoms. The molecule has 0 aliphatic rings. The maximum Gasteiger partial charge on any atom is 0.264 e. The van der Waals surface area contributed by atoms with Gasteiger partial charge < -0.3 is 0 Å². The second-order valence-electron chi connectivity index (χ2n) is 5.69. The fourth-order valence-corrected chi connectivity index (χ4v) is 3.32. The first-order chi connectivity index (χ1) is 13.1. The largest absolute Gasteiger partial charge is 0.291 e. The minimum absolute atomic E-state index is 0.240. The fraction of sp³-hybridized carbons (Fsp3) is 0.111. The highest BCUT2D eigenvalue weighted by Crippen LogP contribution is 2.26. The van der Waals surface area contributed by atoms with Crippen LogP contribution in [0.15, 0.2) is 53.6 Å². The topological polar surface area (TPSA) is 65.6 Å². The quantitative estimate of drug-likeness (QED) is 0.367. The van der Waals surface area contributed by atoms with Crippen molar-refractivity contribution in [3.05, 3.63) is 69.3 Å². The van der Waals surface area contributed by atoms with Gasteiger partial charge in [-0.1, -0.05) is 23.2 Å². The van der Waals surface area contributed by atoms with E-state index in [4.69, 9.17) is 39.8 Å². The number of rotatable bonds is 4. The van der Waals surface area contributed by atoms with Crippen LogP contribution in [0, 0.1) is 0 Å². The number of halogens is 3. The molecule has 0 spiro atoms. The molecular weight excluding hydrogens is 409 g/mol. The molecule has 136 valence electrons. The summed E-state index contributed by atoms with van der Waals surface area (Å²) in [6.07, 6.45) is 3.07. The minimum Gasteiger partial charge on any atom is -0.291 e. The van der Waals surface area contributed by atoms with E-state index < -0.39 is 0 Å². The second-order valence-corrected chi connectivity index (χ2v) is 6.87. The van der Waals surface area contributed by atoms with Gasteiger partial charge in [-0.15, -0.1) is 11.6 Å². The van der Waals surface area contributed by atoms with Gasteiger partial charge >= 0.3 is 0 Å². The summed E-state index contributed by atoms with van der Waals surface area (Å²) in [5, 5.41) is 5.58. The third-order valence-electron chi connectivity index (χ3n) is 4.07. The SMILES string of the molecule is O=c1c2cnn(-c3ccc(Cl)cc3)c2nc(-c2cccnc2Cl)n1CCCl. The summed E-state index contributed by atoms with van der Waals surface area (Å²) < 4.78 is 3.08. The first-order valence-electron chi connectivity index (χ1n) is 8.01. The first-order valence-corrected chi connectivity index (χ1v) is 9.30. The highest BCUT2D eigenvalue weighted by molar-refractivity contribution is 6.32. The Morgan fingerprint density at radius 2 is 1.85 bits per heavy atom. The van der Waals surface area contributed by atoms with Crippen molar-refractivity contribution < 1.29 is 0 Å². The van der Waals surface area contributed by atoms with E-state index in [1.54, 1.807) is 47.3 Å². The molecule has 0 aliphatic heterocycles. The first kappa shape index (κ1) is 18.0. The van der Waals surface area contributed by atoms with Crippen LogP contribution in [0.4, 0.5) is 0 Å². The molecule has 0 N–H and O–H groups in total. The number of pyridine rings is 1. The Hall–Kier alpha value is -2.41. The molecule has 6 nitrogen and oxygen atoms in total. The van der Waals surface area contributed by atoms with E-state index in [1.807, 2.05) is 0 Å². The lowest BCUT2D eigenvalue weighted by atomic mass is 10.2. The van der Waals surface area contributed by atoms with Gasteiger partial charge in [-0.05, 0) is 36.4 Å². The van der Waals surface area contributed by atoms with Gasteiger partial charge in [-0.2, -0.15) is 5.10 Å². The van der Waals surface area contributed by atoms with E-state index >= 15 is 0 Å². The molecule has 0 amide bonds. The summed E-state index contributed by atoms with van der Waals surface area (Å²) in [5.41, 5.74) is 1.46. The van der Waals surface area contributed by atoms with Crippen LogP contribution in [-0.2, 0) is 6.54 Å². The van der Waals surface area contributed by atoms with Crippen LogP contribution in [-0.4, -0.2) is 30.2 Å². The molecule has 0 bridgehead atoms. The van der Waals surface area contributed by atoms with Gasteiger partial charge in [0.15, 0.2) is 5.65 Å². The van der Waals surface area contributed by atoms with Crippen molar-refractivity contribution >= 4 is 45.8 Å². The summed E-state index contributed by atoms with van der Waals surface area (Å²) in [5.74, 6) is 0.644. The summed E-state index contributed by atoms with van der Waals surface area (Å²) in [6, 6.07) is 10.6. The molecule has 0 unspecified atom stereocenters. The van der Waals surface area contributed by atoms with E-state index in [-0.39, 0.29) is 23.1 Å². The van der Waals surface area contributed by atoms with Crippen LogP contribution >= 0.6 is 34.8 Å². The minimum atomic E-state index is -0.240. The van der Waals surface area contributed by atoms with E-state index in [1.165, 1.54) is 10.8 Å². The maximum absolute atomic E-state index is 13.0. The molecule has 1 aromatic carbocycles. The van der Waals surface area contributed by atoms with Crippen molar-refractivity contribution in [1.29, 1.82) is 0 Å². The number of hydrogen-bond donors (Lipinski definition) is 0. The highest BCUT2D eigenvalue weighted by Gasteiger charge is 2.18. The summed E-state index contributed by atoms with van der Waals surface area (Å²) >= 11 is 18.1. The Balaban J connectivity index is 2.03. The maximum atomic E-state index is 13.0. The summed E-state index contributed by atoms with van der Waals surface area (Å²) in [7, 11) is 0. The standard InChI is InChI=1S/C18H12Cl3N5O/c19-7-9-25-16(13-2-1-8-22-15(13)21)24-17-14(18(25)27)10-23-26(17)12-5-3-11(20)4-6-12/h1-6,8,10H,7,9H2. The number of aromatic nitrogens is 5. The van der Waals surface area contributed by atoms with Gasteiger partial charge in [0, 0.05) is 23.6 Å². The predicted octanol–water partition coefficient (Wildman–Crippen LogP) is 4.19. The van der Waals surface area contributed by atoms with Crippen LogP contribution in [0.25, 0.3) is 28.1 Å². The molecule has 0 saturated carbocycles. The van der Waals surface area contributed by atoms with E-state index in [9.17, 15) is 4.79 Å². The number of benzene rings is 1. The van der Waals surface area contributed by atoms with Crippen molar-refractivity contribution in [1.82, 2.24) is 24.3 Å². The van der Waals surface area contributed by atoms with Gasteiger partial charge in [-0.3, -0.25) is 9.36 Å². The number of hydrogen-bond acceptors (Lipinski definition) is 4. The monoisotopic (exact) mass is 419 g/mol. The van der Waals surface area contributed by atoms with Crippen LogP contribution in [0.1, 0.15) is 0 Å². The molecule has 3 aromatic heterocycles. The van der Waals surface area contributed by atoms with Crippen molar-refractivity contribution in [3.63, 3.8) is 0 Å². The number of fused-ring (bicyclic) bond motifs is 1. The Morgan fingerprint density at radius 3 is 2.56 bits per heavy atom. The fourth-order valence-electron chi connectivity index (χ4n) is 2.82. The molecular formula is C18H12Cl3N5O. The average molecular weight is 421 g/mol. The van der Waals surface area contributed by atoms with Crippen LogP contribution < -0.4 is 5.56 Å². The zero-order valence-corrected chi connectivity index (χ0v) is 16.1. The van der Waals surface area contributed by atoms with Gasteiger partial charge in [0.1, 0.15) is 16.4 Å². The second kappa shape index (κ2) is 7.31. The molecule has 0 radical (unpaired) electrons. The average Bonchev–Trinajstić information content (AvgIpc) is 3.09. The van der Waals surface area contributed by atoms with E-state index in [0.29, 0.717) is 27.4 Å². The van der Waals surface area contributed by atoms with Crippen LogP contribution in [0.2, 0.25) is 10.2 Å². The van der Waals surface area contributed by atoms with Crippen molar-refractivity contribution in [2.75, 3.05) is 5.88 Å². The Labute approximate surface area is 169 Å². The van der Waals surface area contributed by atoms with Gasteiger partial charge in [0.2, 0.25) is 0 Å². The molecule has 4 aromatic rings. The van der Waals surface area contributed by atoms with E-state index in [0.717, 1.165) is 5.69 Å². The third-order valence-corrected chi connectivity index (χ3v) is 4.79. The van der Waals surface area contributed by atoms with Gasteiger partial charge in [0.25, 0.3) is 5.56 Å². The van der Waals surface area contributed by atoms with Crippen molar-refractivity contribution in [2.24, 2.45) is 0 Å². The summed E-state index contributed by atoms with van der Waals surface area (Å²) in [4.78, 5) is 21.8. The Kier molecular flexibility index (Phi) is 4.86. The predicted molar refractivity (Wildman–Crippen MR) is 107 cm³/mol. The third kappa shape index (κ3) is 3.20. The Bertz CT molecular complexity index is 1180. The zero-order valence-electron chi connectivity index (χ0n) is 13.8. The number of nitrogens with zero attached hydrogens (tertiary/aromatic N) is 5. The molecule has 0 fully saturated rings. The molecule has 4 rings (SSSR count). The van der Waals surface area contributed by atoms with Crippen LogP contribution in [0.3, 0.4) is 0 Å². The van der Waals surface area contributed by atoms with Crippen molar-refractivity contribution in [3.8, 4) is 17.1 Å². The van der Waals surface area contributed by atoms with Crippen molar-refractivity contribution in [2.45, 2.75) is 6.54 Å². The normalized spacial score (nSPS) is 11.2. The van der Waals surface area contributed by atoms with Crippen LogP contribution in [0.5, 0.6) is 0 Å². The highest BCUT2D eigenvalue weighted by atomic mass is 35.5. The Morgan fingerprint density at radius 1 is 1.07 bits per heavy atom. The molecule has 0 saturated heterocycles. The molecule has 9 heteroatoms. The molecule has 3 heterocycles. The molecule has 0 aliphatic carbocycles.